The zero-order chi connectivity index (χ0) is 18.8. The van der Waals surface area contributed by atoms with Gasteiger partial charge in [-0.3, -0.25) is 4.31 Å². The van der Waals surface area contributed by atoms with Gasteiger partial charge in [0.2, 0.25) is 0 Å². The number of anilines is 1. The molecule has 0 aliphatic rings. The maximum absolute atomic E-state index is 13.2. The van der Waals surface area contributed by atoms with Crippen molar-refractivity contribution >= 4 is 48.8 Å². The quantitative estimate of drug-likeness (QED) is 0.530. The number of hydrogen-bond donors (Lipinski definition) is 0. The second-order valence-electron chi connectivity index (χ2n) is 5.70. The van der Waals surface area contributed by atoms with Crippen LogP contribution in [0.3, 0.4) is 0 Å². The van der Waals surface area contributed by atoms with Crippen molar-refractivity contribution in [2.24, 2.45) is 0 Å². The number of nitrogens with zero attached hydrogens (tertiary/aromatic N) is 1. The Morgan fingerprint density at radius 2 is 1.88 bits per heavy atom. The van der Waals surface area contributed by atoms with Crippen LogP contribution in [0.2, 0.25) is 5.02 Å². The van der Waals surface area contributed by atoms with Crippen LogP contribution in [0.5, 0.6) is 0 Å². The second kappa shape index (κ2) is 7.77. The van der Waals surface area contributed by atoms with Crippen LogP contribution >= 0.6 is 27.5 Å². The van der Waals surface area contributed by atoms with Gasteiger partial charge in [-0.1, -0.05) is 42.0 Å². The van der Waals surface area contributed by atoms with E-state index in [2.05, 4.69) is 29.1 Å². The van der Waals surface area contributed by atoms with Gasteiger partial charge in [-0.05, 0) is 59.6 Å². The van der Waals surface area contributed by atoms with E-state index in [-0.39, 0.29) is 11.4 Å². The Balaban J connectivity index is 2.70. The molecule has 0 aliphatic heterocycles. The summed E-state index contributed by atoms with van der Waals surface area (Å²) in [5.41, 5.74) is 2.89. The first kappa shape index (κ1) is 19.8. The number of hydrogen-bond acceptors (Lipinski definition) is 2. The van der Waals surface area contributed by atoms with E-state index in [0.717, 1.165) is 11.1 Å². The molecule has 132 valence electrons. The predicted octanol–water partition coefficient (Wildman–Crippen LogP) is 5.83. The molecule has 2 aromatic carbocycles. The number of sulfonamides is 1. The molecule has 0 unspecified atom stereocenters. The van der Waals surface area contributed by atoms with Crippen molar-refractivity contribution in [1.29, 1.82) is 0 Å². The summed E-state index contributed by atoms with van der Waals surface area (Å²) in [7, 11) is -3.76. The van der Waals surface area contributed by atoms with E-state index in [1.165, 1.54) is 4.31 Å². The van der Waals surface area contributed by atoms with E-state index >= 15 is 0 Å². The maximum atomic E-state index is 13.2. The van der Waals surface area contributed by atoms with Crippen LogP contribution < -0.4 is 4.31 Å². The molecule has 0 aromatic heterocycles. The van der Waals surface area contributed by atoms with Crippen molar-refractivity contribution in [3.63, 3.8) is 0 Å². The fraction of sp³-hybridized carbons (Fsp3) is 0.158. The van der Waals surface area contributed by atoms with E-state index in [4.69, 9.17) is 11.6 Å². The second-order valence-corrected chi connectivity index (χ2v) is 8.83. The number of aryl methyl sites for hydroxylation is 1. The Kier molecular flexibility index (Phi) is 6.14. The standard InChI is InChI=1S/C19H19BrClNO2S/c1-5-10-22(25(23,24)15-8-6-14(4)7-9-15)19-12-17(20)18(21)11-16(19)13(2)3/h5-9,11-12H,1-2,10H2,3-4H3. The van der Waals surface area contributed by atoms with Crippen molar-refractivity contribution in [2.45, 2.75) is 18.7 Å². The summed E-state index contributed by atoms with van der Waals surface area (Å²) in [6, 6.07) is 10.2. The van der Waals surface area contributed by atoms with Crippen molar-refractivity contribution in [2.75, 3.05) is 10.8 Å². The molecule has 2 rings (SSSR count). The highest BCUT2D eigenvalue weighted by molar-refractivity contribution is 9.10. The monoisotopic (exact) mass is 439 g/mol. The van der Waals surface area contributed by atoms with E-state index in [9.17, 15) is 8.42 Å². The molecule has 0 saturated carbocycles. The zero-order valence-corrected chi connectivity index (χ0v) is 17.2. The van der Waals surface area contributed by atoms with E-state index in [1.54, 1.807) is 42.5 Å². The molecule has 0 fully saturated rings. The van der Waals surface area contributed by atoms with Gasteiger partial charge < -0.3 is 0 Å². The third-order valence-corrected chi connectivity index (χ3v) is 6.66. The first-order valence-corrected chi connectivity index (χ1v) is 10.1. The third-order valence-electron chi connectivity index (χ3n) is 3.67. The summed E-state index contributed by atoms with van der Waals surface area (Å²) < 4.78 is 28.3. The zero-order valence-electron chi connectivity index (χ0n) is 14.1. The summed E-state index contributed by atoms with van der Waals surface area (Å²) in [6.45, 7) is 11.5. The minimum atomic E-state index is -3.76. The van der Waals surface area contributed by atoms with Crippen molar-refractivity contribution in [3.8, 4) is 0 Å². The Labute approximate surface area is 162 Å². The van der Waals surface area contributed by atoms with Crippen LogP contribution in [0.4, 0.5) is 5.69 Å². The maximum Gasteiger partial charge on any atom is 0.264 e. The lowest BCUT2D eigenvalue weighted by Crippen LogP contribution is -2.32. The molecular formula is C19H19BrClNO2S. The molecule has 0 aliphatic carbocycles. The van der Waals surface area contributed by atoms with Crippen molar-refractivity contribution < 1.29 is 8.42 Å². The van der Waals surface area contributed by atoms with Crippen molar-refractivity contribution in [1.82, 2.24) is 0 Å². The van der Waals surface area contributed by atoms with Gasteiger partial charge in [-0.25, -0.2) is 8.42 Å². The highest BCUT2D eigenvalue weighted by atomic mass is 79.9. The van der Waals surface area contributed by atoms with Gasteiger partial charge in [0.05, 0.1) is 22.2 Å². The van der Waals surface area contributed by atoms with Gasteiger partial charge in [-0.2, -0.15) is 0 Å². The third kappa shape index (κ3) is 4.17. The fourth-order valence-electron chi connectivity index (χ4n) is 2.37. The Bertz CT molecular complexity index is 921. The van der Waals surface area contributed by atoms with Crippen LogP contribution in [-0.4, -0.2) is 15.0 Å². The van der Waals surface area contributed by atoms with Gasteiger partial charge in [0, 0.05) is 10.0 Å². The van der Waals surface area contributed by atoms with Gasteiger partial charge in [0.1, 0.15) is 0 Å². The molecule has 3 nitrogen and oxygen atoms in total. The topological polar surface area (TPSA) is 37.4 Å². The van der Waals surface area contributed by atoms with E-state index < -0.39 is 10.0 Å². The van der Waals surface area contributed by atoms with Crippen LogP contribution in [0.1, 0.15) is 18.1 Å². The molecule has 0 saturated heterocycles. The molecule has 0 radical (unpaired) electrons. The summed E-state index contributed by atoms with van der Waals surface area (Å²) in [4.78, 5) is 0.221. The van der Waals surface area contributed by atoms with Gasteiger partial charge >= 0.3 is 0 Å². The van der Waals surface area contributed by atoms with Crippen molar-refractivity contribution in [3.05, 3.63) is 76.3 Å². The smallest absolute Gasteiger partial charge is 0.262 e. The highest BCUT2D eigenvalue weighted by Crippen LogP contribution is 2.37. The number of benzene rings is 2. The molecular weight excluding hydrogens is 422 g/mol. The molecule has 0 spiro atoms. The normalized spacial score (nSPS) is 11.2. The Morgan fingerprint density at radius 1 is 1.28 bits per heavy atom. The van der Waals surface area contributed by atoms with Crippen LogP contribution in [-0.2, 0) is 10.0 Å². The largest absolute Gasteiger partial charge is 0.264 e. The fourth-order valence-corrected chi connectivity index (χ4v) is 4.31. The minimum absolute atomic E-state index is 0.130. The molecule has 2 aromatic rings. The number of halogens is 2. The minimum Gasteiger partial charge on any atom is -0.262 e. The molecule has 0 heterocycles. The predicted molar refractivity (Wildman–Crippen MR) is 110 cm³/mol. The molecule has 0 amide bonds. The summed E-state index contributed by atoms with van der Waals surface area (Å²) in [5.74, 6) is 0. The average Bonchev–Trinajstić information content (AvgIpc) is 2.55. The first-order valence-electron chi connectivity index (χ1n) is 7.53. The number of rotatable bonds is 6. The summed E-state index contributed by atoms with van der Waals surface area (Å²) in [6.07, 6.45) is 1.55. The lowest BCUT2D eigenvalue weighted by Gasteiger charge is -2.26. The molecule has 0 bridgehead atoms. The van der Waals surface area contributed by atoms with Crippen LogP contribution in [0, 0.1) is 6.92 Å². The first-order chi connectivity index (χ1) is 11.7. The summed E-state index contributed by atoms with van der Waals surface area (Å²) >= 11 is 9.56. The SMILES string of the molecule is C=CCN(c1cc(Br)c(Cl)cc1C(=C)C)S(=O)(=O)c1ccc(C)cc1. The van der Waals surface area contributed by atoms with Crippen LogP contribution in [0.25, 0.3) is 5.57 Å². The van der Waals surface area contributed by atoms with E-state index in [1.807, 2.05) is 13.8 Å². The highest BCUT2D eigenvalue weighted by Gasteiger charge is 2.26. The molecule has 6 heteroatoms. The van der Waals surface area contributed by atoms with Gasteiger partial charge in [0.15, 0.2) is 0 Å². The molecule has 25 heavy (non-hydrogen) atoms. The van der Waals surface area contributed by atoms with Crippen LogP contribution in [0.15, 0.2) is 65.0 Å². The van der Waals surface area contributed by atoms with Gasteiger partial charge in [0.25, 0.3) is 10.0 Å². The lowest BCUT2D eigenvalue weighted by atomic mass is 10.1. The van der Waals surface area contributed by atoms with Gasteiger partial charge in [-0.15, -0.1) is 6.58 Å². The molecule has 0 atom stereocenters. The number of allylic oxidation sites excluding steroid dienone is 1. The average molecular weight is 441 g/mol. The Hall–Kier alpha value is -1.56. The Morgan fingerprint density at radius 3 is 2.40 bits per heavy atom. The summed E-state index contributed by atoms with van der Waals surface area (Å²) in [5, 5.41) is 0.494. The lowest BCUT2D eigenvalue weighted by molar-refractivity contribution is 0.593. The van der Waals surface area contributed by atoms with E-state index in [0.29, 0.717) is 20.7 Å². The molecule has 0 N–H and O–H groups in total.